The highest BCUT2D eigenvalue weighted by Crippen LogP contribution is 2.27. The van der Waals surface area contributed by atoms with Crippen LogP contribution in [0.15, 0.2) is 65.2 Å². The highest BCUT2D eigenvalue weighted by Gasteiger charge is 2.08. The minimum atomic E-state index is 0.650. The van der Waals surface area contributed by atoms with Crippen molar-refractivity contribution < 1.29 is 4.42 Å². The SMILES string of the molecule is CN(C)c1ccc(-c2cnc(-c3ccccc3)o2)cc1. The third-order valence-corrected chi connectivity index (χ3v) is 3.19. The number of aromatic nitrogens is 1. The van der Waals surface area contributed by atoms with Gasteiger partial charge in [0.1, 0.15) is 0 Å². The van der Waals surface area contributed by atoms with Crippen LogP contribution >= 0.6 is 0 Å². The van der Waals surface area contributed by atoms with E-state index >= 15 is 0 Å². The lowest BCUT2D eigenvalue weighted by Gasteiger charge is -2.11. The molecule has 3 nitrogen and oxygen atoms in total. The smallest absolute Gasteiger partial charge is 0.226 e. The van der Waals surface area contributed by atoms with Gasteiger partial charge in [0.15, 0.2) is 5.76 Å². The molecular weight excluding hydrogens is 248 g/mol. The fourth-order valence-corrected chi connectivity index (χ4v) is 2.05. The number of oxazole rings is 1. The van der Waals surface area contributed by atoms with Crippen molar-refractivity contribution in [1.82, 2.24) is 4.98 Å². The van der Waals surface area contributed by atoms with E-state index in [4.69, 9.17) is 4.42 Å². The van der Waals surface area contributed by atoms with Gasteiger partial charge >= 0.3 is 0 Å². The van der Waals surface area contributed by atoms with E-state index in [1.807, 2.05) is 56.6 Å². The normalized spacial score (nSPS) is 10.5. The van der Waals surface area contributed by atoms with Crippen LogP contribution in [-0.4, -0.2) is 19.1 Å². The minimum Gasteiger partial charge on any atom is -0.436 e. The van der Waals surface area contributed by atoms with Gasteiger partial charge in [0, 0.05) is 30.9 Å². The highest BCUT2D eigenvalue weighted by atomic mass is 16.4. The van der Waals surface area contributed by atoms with Crippen molar-refractivity contribution in [3.05, 3.63) is 60.8 Å². The Morgan fingerprint density at radius 3 is 2.20 bits per heavy atom. The van der Waals surface area contributed by atoms with Crippen molar-refractivity contribution in [2.24, 2.45) is 0 Å². The monoisotopic (exact) mass is 264 g/mol. The van der Waals surface area contributed by atoms with Crippen molar-refractivity contribution in [3.8, 4) is 22.8 Å². The first-order valence-corrected chi connectivity index (χ1v) is 6.53. The van der Waals surface area contributed by atoms with Crippen molar-refractivity contribution >= 4 is 5.69 Å². The molecule has 0 aliphatic heterocycles. The molecule has 100 valence electrons. The molecule has 3 rings (SSSR count). The van der Waals surface area contributed by atoms with Gasteiger partial charge in [-0.3, -0.25) is 0 Å². The number of anilines is 1. The van der Waals surface area contributed by atoms with E-state index in [0.717, 1.165) is 22.6 Å². The quantitative estimate of drug-likeness (QED) is 0.714. The average molecular weight is 264 g/mol. The molecule has 0 unspecified atom stereocenters. The molecule has 0 saturated heterocycles. The Hall–Kier alpha value is -2.55. The molecule has 2 aromatic carbocycles. The maximum absolute atomic E-state index is 5.83. The first-order chi connectivity index (χ1) is 9.74. The van der Waals surface area contributed by atoms with Gasteiger partial charge in [-0.05, 0) is 36.4 Å². The van der Waals surface area contributed by atoms with Gasteiger partial charge in [0.2, 0.25) is 5.89 Å². The number of benzene rings is 2. The molecule has 0 bridgehead atoms. The molecule has 0 fully saturated rings. The van der Waals surface area contributed by atoms with E-state index in [2.05, 4.69) is 22.0 Å². The van der Waals surface area contributed by atoms with Crippen LogP contribution in [0, 0.1) is 0 Å². The molecule has 3 aromatic rings. The van der Waals surface area contributed by atoms with Crippen LogP contribution in [0.5, 0.6) is 0 Å². The number of rotatable bonds is 3. The molecule has 20 heavy (non-hydrogen) atoms. The van der Waals surface area contributed by atoms with Crippen molar-refractivity contribution in [2.45, 2.75) is 0 Å². The van der Waals surface area contributed by atoms with Crippen LogP contribution in [0.4, 0.5) is 5.69 Å². The molecule has 0 spiro atoms. The fraction of sp³-hybridized carbons (Fsp3) is 0.118. The Bertz CT molecular complexity index is 685. The van der Waals surface area contributed by atoms with E-state index in [9.17, 15) is 0 Å². The summed E-state index contributed by atoms with van der Waals surface area (Å²) >= 11 is 0. The summed E-state index contributed by atoms with van der Waals surface area (Å²) in [7, 11) is 4.05. The lowest BCUT2D eigenvalue weighted by atomic mass is 10.1. The first-order valence-electron chi connectivity index (χ1n) is 6.53. The largest absolute Gasteiger partial charge is 0.436 e. The predicted molar refractivity (Wildman–Crippen MR) is 81.7 cm³/mol. The van der Waals surface area contributed by atoms with E-state index in [1.165, 1.54) is 0 Å². The lowest BCUT2D eigenvalue weighted by Crippen LogP contribution is -2.07. The number of hydrogen-bond acceptors (Lipinski definition) is 3. The molecule has 0 N–H and O–H groups in total. The van der Waals surface area contributed by atoms with Crippen LogP contribution in [0.1, 0.15) is 0 Å². The Balaban J connectivity index is 1.90. The molecule has 0 aliphatic rings. The second kappa shape index (κ2) is 5.21. The summed E-state index contributed by atoms with van der Waals surface area (Å²) in [6.07, 6.45) is 1.77. The maximum atomic E-state index is 5.83. The van der Waals surface area contributed by atoms with Gasteiger partial charge in [-0.25, -0.2) is 4.98 Å². The Labute approximate surface area is 118 Å². The van der Waals surface area contributed by atoms with Gasteiger partial charge in [-0.1, -0.05) is 18.2 Å². The standard InChI is InChI=1S/C17H16N2O/c1-19(2)15-10-8-13(9-11-15)16-12-18-17(20-16)14-6-4-3-5-7-14/h3-12H,1-2H3. The fourth-order valence-electron chi connectivity index (χ4n) is 2.05. The number of hydrogen-bond donors (Lipinski definition) is 0. The maximum Gasteiger partial charge on any atom is 0.226 e. The Morgan fingerprint density at radius 1 is 0.850 bits per heavy atom. The third kappa shape index (κ3) is 2.43. The van der Waals surface area contributed by atoms with Crippen molar-refractivity contribution in [2.75, 3.05) is 19.0 Å². The zero-order valence-electron chi connectivity index (χ0n) is 11.6. The summed E-state index contributed by atoms with van der Waals surface area (Å²) in [6, 6.07) is 18.1. The van der Waals surface area contributed by atoms with E-state index in [1.54, 1.807) is 6.20 Å². The van der Waals surface area contributed by atoms with Crippen molar-refractivity contribution in [1.29, 1.82) is 0 Å². The van der Waals surface area contributed by atoms with Gasteiger partial charge in [0.25, 0.3) is 0 Å². The second-order valence-corrected chi connectivity index (χ2v) is 4.84. The number of nitrogens with zero attached hydrogens (tertiary/aromatic N) is 2. The molecule has 0 radical (unpaired) electrons. The topological polar surface area (TPSA) is 29.3 Å². The van der Waals surface area contributed by atoms with Crippen LogP contribution in [-0.2, 0) is 0 Å². The molecule has 3 heteroatoms. The summed E-state index contributed by atoms with van der Waals surface area (Å²) in [6.45, 7) is 0. The third-order valence-electron chi connectivity index (χ3n) is 3.19. The first kappa shape index (κ1) is 12.5. The van der Waals surface area contributed by atoms with E-state index in [-0.39, 0.29) is 0 Å². The van der Waals surface area contributed by atoms with Gasteiger partial charge in [0.05, 0.1) is 6.20 Å². The summed E-state index contributed by atoms with van der Waals surface area (Å²) in [5.74, 6) is 1.44. The Morgan fingerprint density at radius 2 is 1.55 bits per heavy atom. The summed E-state index contributed by atoms with van der Waals surface area (Å²) in [4.78, 5) is 6.41. The molecule has 0 saturated carbocycles. The van der Waals surface area contributed by atoms with Crippen molar-refractivity contribution in [3.63, 3.8) is 0 Å². The van der Waals surface area contributed by atoms with Crippen LogP contribution in [0.2, 0.25) is 0 Å². The second-order valence-electron chi connectivity index (χ2n) is 4.84. The molecule has 0 aliphatic carbocycles. The van der Waals surface area contributed by atoms with Crippen LogP contribution in [0.3, 0.4) is 0 Å². The van der Waals surface area contributed by atoms with Gasteiger partial charge in [-0.15, -0.1) is 0 Å². The Kier molecular flexibility index (Phi) is 3.25. The van der Waals surface area contributed by atoms with Crippen LogP contribution < -0.4 is 4.90 Å². The van der Waals surface area contributed by atoms with Gasteiger partial charge < -0.3 is 9.32 Å². The minimum absolute atomic E-state index is 0.650. The average Bonchev–Trinajstić information content (AvgIpc) is 2.98. The lowest BCUT2D eigenvalue weighted by molar-refractivity contribution is 0.589. The molecule has 0 atom stereocenters. The predicted octanol–water partition coefficient (Wildman–Crippen LogP) is 4.07. The highest BCUT2D eigenvalue weighted by molar-refractivity contribution is 5.63. The molecule has 1 heterocycles. The van der Waals surface area contributed by atoms with E-state index in [0.29, 0.717) is 5.89 Å². The summed E-state index contributed by atoms with van der Waals surface area (Å²) in [5, 5.41) is 0. The molecule has 0 amide bonds. The summed E-state index contributed by atoms with van der Waals surface area (Å²) in [5.41, 5.74) is 3.19. The zero-order chi connectivity index (χ0) is 13.9. The van der Waals surface area contributed by atoms with Gasteiger partial charge in [-0.2, -0.15) is 0 Å². The molecular formula is C17H16N2O. The van der Waals surface area contributed by atoms with E-state index < -0.39 is 0 Å². The zero-order valence-corrected chi connectivity index (χ0v) is 11.6. The summed E-state index contributed by atoms with van der Waals surface area (Å²) < 4.78 is 5.83. The van der Waals surface area contributed by atoms with Crippen LogP contribution in [0.25, 0.3) is 22.8 Å². The molecule has 1 aromatic heterocycles.